The molecule has 2 fully saturated rings. The number of likely N-dealkylation sites (tertiary alicyclic amines) is 1. The summed E-state index contributed by atoms with van der Waals surface area (Å²) in [5.74, 6) is -0.00906. The van der Waals surface area contributed by atoms with Gasteiger partial charge in [-0.3, -0.25) is 15.0 Å². The standard InChI is InChI=1S/C21H24N4O2/c26-19-10-5-11-25(19)14-15-6-4-9-17(12-15)23-21(27)18-13-22-24-20(18)16-7-2-1-3-8-16/h1-4,6-9,12,18,20,22,24H,5,10-11,13-14H2,(H,23,27). The number of rotatable bonds is 5. The molecule has 0 spiro atoms. The highest BCUT2D eigenvalue weighted by Gasteiger charge is 2.33. The SMILES string of the molecule is O=C(Nc1cccc(CN2CCCC2=O)c1)C1CNNC1c1ccccc1. The zero-order valence-corrected chi connectivity index (χ0v) is 15.2. The number of anilines is 1. The second-order valence-corrected chi connectivity index (χ2v) is 7.13. The van der Waals surface area contributed by atoms with E-state index in [-0.39, 0.29) is 23.8 Å². The van der Waals surface area contributed by atoms with Gasteiger partial charge in [0.2, 0.25) is 11.8 Å². The zero-order valence-electron chi connectivity index (χ0n) is 15.2. The Hall–Kier alpha value is -2.70. The molecule has 0 bridgehead atoms. The van der Waals surface area contributed by atoms with E-state index in [1.807, 2.05) is 59.5 Å². The lowest BCUT2D eigenvalue weighted by Crippen LogP contribution is -2.29. The van der Waals surface area contributed by atoms with E-state index in [1.54, 1.807) is 0 Å². The van der Waals surface area contributed by atoms with Crippen LogP contribution >= 0.6 is 0 Å². The van der Waals surface area contributed by atoms with Crippen LogP contribution in [0, 0.1) is 5.92 Å². The highest BCUT2D eigenvalue weighted by atomic mass is 16.2. The lowest BCUT2D eigenvalue weighted by Gasteiger charge is -2.19. The Morgan fingerprint density at radius 2 is 2.00 bits per heavy atom. The third-order valence-electron chi connectivity index (χ3n) is 5.22. The lowest BCUT2D eigenvalue weighted by atomic mass is 9.94. The number of carbonyl (C=O) groups excluding carboxylic acids is 2. The Bertz CT molecular complexity index is 824. The van der Waals surface area contributed by atoms with Gasteiger partial charge < -0.3 is 10.2 Å². The van der Waals surface area contributed by atoms with Crippen molar-refractivity contribution in [3.8, 4) is 0 Å². The third-order valence-corrected chi connectivity index (χ3v) is 5.22. The number of hydrazine groups is 1. The fraction of sp³-hybridized carbons (Fsp3) is 0.333. The van der Waals surface area contributed by atoms with Crippen LogP contribution in [0.25, 0.3) is 0 Å². The summed E-state index contributed by atoms with van der Waals surface area (Å²) < 4.78 is 0. The van der Waals surface area contributed by atoms with Crippen molar-refractivity contribution >= 4 is 17.5 Å². The van der Waals surface area contributed by atoms with Crippen LogP contribution in [0.3, 0.4) is 0 Å². The van der Waals surface area contributed by atoms with E-state index >= 15 is 0 Å². The van der Waals surface area contributed by atoms with Crippen molar-refractivity contribution in [2.75, 3.05) is 18.4 Å². The molecule has 2 heterocycles. The van der Waals surface area contributed by atoms with Gasteiger partial charge in [-0.25, -0.2) is 5.43 Å². The van der Waals surface area contributed by atoms with Crippen molar-refractivity contribution in [1.82, 2.24) is 15.8 Å². The van der Waals surface area contributed by atoms with E-state index in [0.717, 1.165) is 29.8 Å². The summed E-state index contributed by atoms with van der Waals surface area (Å²) >= 11 is 0. The molecule has 2 aliphatic rings. The predicted molar refractivity (Wildman–Crippen MR) is 104 cm³/mol. The summed E-state index contributed by atoms with van der Waals surface area (Å²) in [5, 5.41) is 3.04. The van der Waals surface area contributed by atoms with Gasteiger partial charge in [-0.2, -0.15) is 0 Å². The largest absolute Gasteiger partial charge is 0.338 e. The molecule has 2 saturated heterocycles. The maximum Gasteiger partial charge on any atom is 0.230 e. The van der Waals surface area contributed by atoms with Gasteiger partial charge in [-0.15, -0.1) is 0 Å². The number of carbonyl (C=O) groups is 2. The van der Waals surface area contributed by atoms with Crippen molar-refractivity contribution in [2.24, 2.45) is 5.92 Å². The van der Waals surface area contributed by atoms with E-state index in [4.69, 9.17) is 0 Å². The summed E-state index contributed by atoms with van der Waals surface area (Å²) in [6, 6.07) is 17.7. The average molecular weight is 364 g/mol. The summed E-state index contributed by atoms with van der Waals surface area (Å²) in [5.41, 5.74) is 9.18. The molecule has 0 radical (unpaired) electrons. The van der Waals surface area contributed by atoms with Gasteiger partial charge in [0, 0.05) is 31.7 Å². The summed E-state index contributed by atoms with van der Waals surface area (Å²) in [4.78, 5) is 26.6. The second-order valence-electron chi connectivity index (χ2n) is 7.13. The first-order valence-electron chi connectivity index (χ1n) is 9.41. The predicted octanol–water partition coefficient (Wildman–Crippen LogP) is 2.21. The molecule has 140 valence electrons. The van der Waals surface area contributed by atoms with Crippen LogP contribution in [-0.4, -0.2) is 29.8 Å². The molecule has 2 aliphatic heterocycles. The fourth-order valence-corrected chi connectivity index (χ4v) is 3.79. The topological polar surface area (TPSA) is 73.5 Å². The smallest absolute Gasteiger partial charge is 0.230 e. The van der Waals surface area contributed by atoms with E-state index < -0.39 is 0 Å². The molecule has 3 N–H and O–H groups in total. The highest BCUT2D eigenvalue weighted by Crippen LogP contribution is 2.26. The van der Waals surface area contributed by atoms with E-state index in [9.17, 15) is 9.59 Å². The van der Waals surface area contributed by atoms with Crippen molar-refractivity contribution < 1.29 is 9.59 Å². The van der Waals surface area contributed by atoms with Crippen molar-refractivity contribution in [2.45, 2.75) is 25.4 Å². The van der Waals surface area contributed by atoms with Gasteiger partial charge >= 0.3 is 0 Å². The molecule has 2 aromatic carbocycles. The average Bonchev–Trinajstić information content (AvgIpc) is 3.32. The Morgan fingerprint density at radius 1 is 1.15 bits per heavy atom. The number of amides is 2. The van der Waals surface area contributed by atoms with Crippen molar-refractivity contribution in [3.63, 3.8) is 0 Å². The number of nitrogens with zero attached hydrogens (tertiary/aromatic N) is 1. The van der Waals surface area contributed by atoms with Gasteiger partial charge in [-0.05, 0) is 29.7 Å². The van der Waals surface area contributed by atoms with Crippen LogP contribution in [0.2, 0.25) is 0 Å². The first kappa shape index (κ1) is 17.7. The minimum absolute atomic E-state index is 0.0178. The number of hydrogen-bond donors (Lipinski definition) is 3. The number of benzene rings is 2. The minimum atomic E-state index is -0.198. The molecule has 2 aromatic rings. The van der Waals surface area contributed by atoms with E-state index in [2.05, 4.69) is 16.2 Å². The molecule has 6 heteroatoms. The first-order chi connectivity index (χ1) is 13.2. The van der Waals surface area contributed by atoms with Crippen LogP contribution in [0.15, 0.2) is 54.6 Å². The molecule has 4 rings (SSSR count). The summed E-state index contributed by atoms with van der Waals surface area (Å²) in [6.07, 6.45) is 1.57. The molecule has 2 amide bonds. The highest BCUT2D eigenvalue weighted by molar-refractivity contribution is 5.93. The van der Waals surface area contributed by atoms with Crippen molar-refractivity contribution in [1.29, 1.82) is 0 Å². The number of nitrogens with one attached hydrogen (secondary N) is 3. The molecule has 0 aromatic heterocycles. The molecule has 2 unspecified atom stereocenters. The molecular weight excluding hydrogens is 340 g/mol. The van der Waals surface area contributed by atoms with Crippen LogP contribution in [0.4, 0.5) is 5.69 Å². The minimum Gasteiger partial charge on any atom is -0.338 e. The Kier molecular flexibility index (Phi) is 5.18. The second kappa shape index (κ2) is 7.90. The van der Waals surface area contributed by atoms with E-state index in [0.29, 0.717) is 19.5 Å². The maximum absolute atomic E-state index is 12.9. The monoisotopic (exact) mass is 364 g/mol. The number of hydrogen-bond acceptors (Lipinski definition) is 4. The first-order valence-corrected chi connectivity index (χ1v) is 9.41. The Morgan fingerprint density at radius 3 is 2.78 bits per heavy atom. The van der Waals surface area contributed by atoms with Crippen LogP contribution in [0.5, 0.6) is 0 Å². The van der Waals surface area contributed by atoms with Crippen molar-refractivity contribution in [3.05, 3.63) is 65.7 Å². The third kappa shape index (κ3) is 4.02. The van der Waals surface area contributed by atoms with Gasteiger partial charge in [-0.1, -0.05) is 42.5 Å². The maximum atomic E-state index is 12.9. The Labute approximate surface area is 158 Å². The van der Waals surface area contributed by atoms with Crippen LogP contribution in [0.1, 0.15) is 30.0 Å². The molecule has 0 aliphatic carbocycles. The van der Waals surface area contributed by atoms with Gasteiger partial charge in [0.1, 0.15) is 0 Å². The zero-order chi connectivity index (χ0) is 18.6. The van der Waals surface area contributed by atoms with Gasteiger partial charge in [0.05, 0.1) is 12.0 Å². The van der Waals surface area contributed by atoms with Crippen LogP contribution < -0.4 is 16.2 Å². The molecule has 0 saturated carbocycles. The molecular formula is C21H24N4O2. The lowest BCUT2D eigenvalue weighted by molar-refractivity contribution is -0.128. The summed E-state index contributed by atoms with van der Waals surface area (Å²) in [7, 11) is 0. The fourth-order valence-electron chi connectivity index (χ4n) is 3.79. The van der Waals surface area contributed by atoms with Crippen LogP contribution in [-0.2, 0) is 16.1 Å². The molecule has 2 atom stereocenters. The molecule has 6 nitrogen and oxygen atoms in total. The van der Waals surface area contributed by atoms with Gasteiger partial charge in [0.25, 0.3) is 0 Å². The van der Waals surface area contributed by atoms with Gasteiger partial charge in [0.15, 0.2) is 0 Å². The summed E-state index contributed by atoms with van der Waals surface area (Å²) in [6.45, 7) is 1.99. The van der Waals surface area contributed by atoms with E-state index in [1.165, 1.54) is 0 Å². The molecule has 27 heavy (non-hydrogen) atoms. The quantitative estimate of drug-likeness (QED) is 0.761. The normalized spacial score (nSPS) is 22.2. The Balaban J connectivity index is 1.43.